The van der Waals surface area contributed by atoms with Gasteiger partial charge in [0.2, 0.25) is 0 Å². The Kier molecular flexibility index (Phi) is 6.00. The lowest BCUT2D eigenvalue weighted by Crippen LogP contribution is -2.26. The molecule has 0 saturated carbocycles. The van der Waals surface area contributed by atoms with Gasteiger partial charge in [-0.2, -0.15) is 0 Å². The monoisotopic (exact) mass is 409 g/mol. The highest BCUT2D eigenvalue weighted by Gasteiger charge is 2.28. The van der Waals surface area contributed by atoms with Gasteiger partial charge in [0.1, 0.15) is 12.4 Å². The number of nitrogens with two attached hydrogens (primary N) is 1. The molecule has 4 N–H and O–H groups in total. The summed E-state index contributed by atoms with van der Waals surface area (Å²) in [6.45, 7) is 0.694. The van der Waals surface area contributed by atoms with Crippen LogP contribution in [0.5, 0.6) is 0 Å². The van der Waals surface area contributed by atoms with Crippen molar-refractivity contribution in [1.82, 2.24) is 5.32 Å². The summed E-state index contributed by atoms with van der Waals surface area (Å²) in [6.07, 6.45) is 0.0522. The lowest BCUT2D eigenvalue weighted by Gasteiger charge is -2.14. The quantitative estimate of drug-likeness (QED) is 0.255. The van der Waals surface area contributed by atoms with Crippen molar-refractivity contribution in [3.8, 4) is 23.0 Å². The summed E-state index contributed by atoms with van der Waals surface area (Å²) in [5, 5.41) is 10.2. The molecule has 0 bridgehead atoms. The summed E-state index contributed by atoms with van der Waals surface area (Å²) in [7, 11) is 0. The van der Waals surface area contributed by atoms with E-state index in [1.54, 1.807) is 12.1 Å². The molecule has 0 spiro atoms. The van der Waals surface area contributed by atoms with Crippen LogP contribution >= 0.6 is 0 Å². The Hall–Kier alpha value is -4.04. The van der Waals surface area contributed by atoms with E-state index in [0.29, 0.717) is 25.1 Å². The molecule has 0 unspecified atom stereocenters. The summed E-state index contributed by atoms with van der Waals surface area (Å²) in [6, 6.07) is 23.7. The van der Waals surface area contributed by atoms with Crippen molar-refractivity contribution in [3.63, 3.8) is 0 Å². The Morgan fingerprint density at radius 1 is 1.00 bits per heavy atom. The molecule has 0 aromatic heterocycles. The molecule has 4 rings (SSSR count). The number of fused-ring (bicyclic) bond motifs is 3. The van der Waals surface area contributed by atoms with E-state index in [2.05, 4.69) is 41.4 Å². The number of amidine groups is 1. The van der Waals surface area contributed by atoms with Gasteiger partial charge in [-0.15, -0.1) is 0 Å². The first-order valence-electron chi connectivity index (χ1n) is 10.2. The normalized spacial score (nSPS) is 11.6. The number of benzene rings is 3. The summed E-state index contributed by atoms with van der Waals surface area (Å²) < 4.78 is 5.51. The number of carbonyl (C=O) groups excluding carboxylic acids is 1. The third-order valence-corrected chi connectivity index (χ3v) is 5.27. The minimum Gasteiger partial charge on any atom is -0.449 e. The number of nitrogen functional groups attached to an aromatic ring is 1. The molecule has 154 valence electrons. The molecule has 0 aliphatic heterocycles. The standard InChI is InChI=1S/C26H23N3O2/c27-25(28)19-10-7-9-18(16-19)8-5-6-15-29-26(30)31-17-24-22-13-3-1-11-20(22)21-12-2-4-14-23(21)24/h1-4,7,9-14,16,24H,6,15,17H2,(H3,27,28)(H,29,30). The number of carbonyl (C=O) groups is 1. The zero-order valence-corrected chi connectivity index (χ0v) is 17.0. The van der Waals surface area contributed by atoms with Crippen LogP contribution in [0.25, 0.3) is 11.1 Å². The van der Waals surface area contributed by atoms with Crippen LogP contribution in [-0.4, -0.2) is 25.1 Å². The van der Waals surface area contributed by atoms with Crippen LogP contribution in [0.4, 0.5) is 4.79 Å². The first-order valence-corrected chi connectivity index (χ1v) is 10.2. The molecule has 0 fully saturated rings. The minimum absolute atomic E-state index is 0.0144. The number of rotatable bonds is 5. The summed E-state index contributed by atoms with van der Waals surface area (Å²) in [4.78, 5) is 12.2. The average molecular weight is 409 g/mol. The Morgan fingerprint density at radius 2 is 1.68 bits per heavy atom. The molecule has 0 atom stereocenters. The van der Waals surface area contributed by atoms with Crippen molar-refractivity contribution in [3.05, 3.63) is 95.1 Å². The maximum absolute atomic E-state index is 12.2. The van der Waals surface area contributed by atoms with E-state index in [1.807, 2.05) is 36.4 Å². The number of hydrogen-bond acceptors (Lipinski definition) is 3. The van der Waals surface area contributed by atoms with Crippen molar-refractivity contribution in [2.24, 2.45) is 5.73 Å². The molecule has 1 amide bonds. The predicted molar refractivity (Wildman–Crippen MR) is 122 cm³/mol. The van der Waals surface area contributed by atoms with Crippen molar-refractivity contribution >= 4 is 11.9 Å². The van der Waals surface area contributed by atoms with Crippen molar-refractivity contribution in [1.29, 1.82) is 5.41 Å². The summed E-state index contributed by atoms with van der Waals surface area (Å²) in [5.41, 5.74) is 11.7. The van der Waals surface area contributed by atoms with E-state index in [1.165, 1.54) is 22.3 Å². The van der Waals surface area contributed by atoms with Gasteiger partial charge >= 0.3 is 6.09 Å². The van der Waals surface area contributed by atoms with E-state index >= 15 is 0 Å². The molecule has 1 aliphatic rings. The lowest BCUT2D eigenvalue weighted by molar-refractivity contribution is 0.143. The van der Waals surface area contributed by atoms with Crippen molar-refractivity contribution in [2.75, 3.05) is 13.2 Å². The van der Waals surface area contributed by atoms with Gasteiger partial charge in [0, 0.05) is 30.0 Å². The number of hydrogen-bond donors (Lipinski definition) is 3. The average Bonchev–Trinajstić information content (AvgIpc) is 3.11. The van der Waals surface area contributed by atoms with Gasteiger partial charge in [0.05, 0.1) is 0 Å². The highest BCUT2D eigenvalue weighted by Crippen LogP contribution is 2.44. The molecule has 31 heavy (non-hydrogen) atoms. The van der Waals surface area contributed by atoms with E-state index in [-0.39, 0.29) is 11.8 Å². The van der Waals surface area contributed by atoms with Crippen LogP contribution < -0.4 is 11.1 Å². The molecule has 5 heteroatoms. The molecular formula is C26H23N3O2. The number of ether oxygens (including phenoxy) is 1. The van der Waals surface area contributed by atoms with Gasteiger partial charge in [-0.25, -0.2) is 4.79 Å². The zero-order chi connectivity index (χ0) is 21.6. The Labute approximate surface area is 181 Å². The van der Waals surface area contributed by atoms with Crippen LogP contribution in [0, 0.1) is 17.3 Å². The first kappa shape index (κ1) is 20.2. The predicted octanol–water partition coefficient (Wildman–Crippen LogP) is 4.25. The van der Waals surface area contributed by atoms with Crippen molar-refractivity contribution < 1.29 is 9.53 Å². The van der Waals surface area contributed by atoms with Gasteiger partial charge in [0.25, 0.3) is 0 Å². The fraction of sp³-hybridized carbons (Fsp3) is 0.154. The molecule has 5 nitrogen and oxygen atoms in total. The molecular weight excluding hydrogens is 386 g/mol. The SMILES string of the molecule is N=C(N)c1cccc(C#CCCNC(=O)OCC2c3ccccc3-c3ccccc32)c1. The second kappa shape index (κ2) is 9.19. The molecule has 3 aromatic carbocycles. The summed E-state index contributed by atoms with van der Waals surface area (Å²) in [5.74, 6) is 6.10. The van der Waals surface area contributed by atoms with Gasteiger partial charge in [-0.1, -0.05) is 72.5 Å². The van der Waals surface area contributed by atoms with Crippen LogP contribution in [0.3, 0.4) is 0 Å². The van der Waals surface area contributed by atoms with Gasteiger partial charge < -0.3 is 15.8 Å². The lowest BCUT2D eigenvalue weighted by atomic mass is 9.98. The smallest absolute Gasteiger partial charge is 0.407 e. The van der Waals surface area contributed by atoms with Gasteiger partial charge in [-0.05, 0) is 34.4 Å². The Morgan fingerprint density at radius 3 is 2.35 bits per heavy atom. The third-order valence-electron chi connectivity index (χ3n) is 5.27. The van der Waals surface area contributed by atoms with Crippen LogP contribution in [0.15, 0.2) is 72.8 Å². The first-order chi connectivity index (χ1) is 15.1. The number of amides is 1. The van der Waals surface area contributed by atoms with Crippen LogP contribution in [0.2, 0.25) is 0 Å². The summed E-state index contributed by atoms with van der Waals surface area (Å²) >= 11 is 0. The molecule has 1 aliphatic carbocycles. The maximum atomic E-state index is 12.2. The zero-order valence-electron chi connectivity index (χ0n) is 17.0. The topological polar surface area (TPSA) is 88.2 Å². The van der Waals surface area contributed by atoms with Crippen LogP contribution in [-0.2, 0) is 4.74 Å². The van der Waals surface area contributed by atoms with Crippen molar-refractivity contribution in [2.45, 2.75) is 12.3 Å². The minimum atomic E-state index is -0.442. The number of nitrogens with one attached hydrogen (secondary N) is 2. The van der Waals surface area contributed by atoms with E-state index in [4.69, 9.17) is 15.9 Å². The van der Waals surface area contributed by atoms with E-state index < -0.39 is 6.09 Å². The fourth-order valence-corrected chi connectivity index (χ4v) is 3.81. The van der Waals surface area contributed by atoms with Crippen LogP contribution in [0.1, 0.15) is 34.6 Å². The molecule has 3 aromatic rings. The third kappa shape index (κ3) is 4.59. The molecule has 0 saturated heterocycles. The molecule has 0 radical (unpaired) electrons. The maximum Gasteiger partial charge on any atom is 0.407 e. The number of alkyl carbamates (subject to hydrolysis) is 1. The Balaban J connectivity index is 1.28. The Bertz CT molecular complexity index is 1140. The van der Waals surface area contributed by atoms with Gasteiger partial charge in [-0.3, -0.25) is 5.41 Å². The van der Waals surface area contributed by atoms with Gasteiger partial charge in [0.15, 0.2) is 0 Å². The fourth-order valence-electron chi connectivity index (χ4n) is 3.81. The van der Waals surface area contributed by atoms with E-state index in [0.717, 1.165) is 5.56 Å². The second-order valence-corrected chi connectivity index (χ2v) is 7.30. The van der Waals surface area contributed by atoms with E-state index in [9.17, 15) is 4.79 Å². The molecule has 0 heterocycles. The highest BCUT2D eigenvalue weighted by atomic mass is 16.5. The second-order valence-electron chi connectivity index (χ2n) is 7.30. The largest absolute Gasteiger partial charge is 0.449 e. The highest BCUT2D eigenvalue weighted by molar-refractivity contribution is 5.95.